The standard InChI is InChI=1S/C2H2O4.Al.K.4H/c3-1(4)2(5)6;;;;;;/h(H,3,4)(H,5,6);;;;;;/q;;+1;;;;-1. The molecule has 0 aromatic heterocycles. The average molecular weight is 160 g/mol. The van der Waals surface area contributed by atoms with Crippen LogP contribution in [-0.2, 0) is 9.59 Å². The van der Waals surface area contributed by atoms with Crippen molar-refractivity contribution in [2.45, 2.75) is 0 Å². The molecule has 0 aliphatic heterocycles. The van der Waals surface area contributed by atoms with E-state index in [1.807, 2.05) is 0 Å². The first-order valence-electron chi connectivity index (χ1n) is 1.11. The fraction of sp³-hybridized carbons (Fsp3) is 0. The first kappa shape index (κ1) is 16.0. The Kier molecular flexibility index (Phi) is 16.3. The summed E-state index contributed by atoms with van der Waals surface area (Å²) in [5, 5.41) is 14.8. The van der Waals surface area contributed by atoms with Gasteiger partial charge in [0.15, 0.2) is 17.4 Å². The van der Waals surface area contributed by atoms with Crippen molar-refractivity contribution in [2.24, 2.45) is 0 Å². The Morgan fingerprint density at radius 1 is 1.12 bits per heavy atom. The quantitative estimate of drug-likeness (QED) is 0.275. The molecule has 4 nitrogen and oxygen atoms in total. The number of carboxylic acids is 2. The molecule has 0 spiro atoms. The third kappa shape index (κ3) is 10.2. The van der Waals surface area contributed by atoms with Crippen LogP contribution in [0.25, 0.3) is 0 Å². The first-order chi connectivity index (χ1) is 2.64. The molecule has 0 bridgehead atoms. The van der Waals surface area contributed by atoms with E-state index >= 15 is 0 Å². The molecule has 0 amide bonds. The molecule has 0 aromatic rings. The van der Waals surface area contributed by atoms with E-state index in [0.29, 0.717) is 0 Å². The van der Waals surface area contributed by atoms with Crippen LogP contribution >= 0.6 is 0 Å². The van der Waals surface area contributed by atoms with Crippen LogP contribution in [0.15, 0.2) is 0 Å². The minimum Gasteiger partial charge on any atom is -1.00 e. The molecule has 0 aliphatic rings. The van der Waals surface area contributed by atoms with Gasteiger partial charge in [-0.1, -0.05) is 0 Å². The first-order valence-corrected chi connectivity index (χ1v) is 1.11. The van der Waals surface area contributed by atoms with Crippen molar-refractivity contribution < 1.29 is 72.6 Å². The Labute approximate surface area is 100 Å². The van der Waals surface area contributed by atoms with Crippen LogP contribution < -0.4 is 51.4 Å². The number of rotatable bonds is 0. The maximum absolute atomic E-state index is 9.10. The number of hydrogen-bond acceptors (Lipinski definition) is 2. The van der Waals surface area contributed by atoms with Crippen molar-refractivity contribution in [1.82, 2.24) is 0 Å². The van der Waals surface area contributed by atoms with Crippen LogP contribution in [0.1, 0.15) is 1.43 Å². The fourth-order valence-corrected chi connectivity index (χ4v) is 0. The van der Waals surface area contributed by atoms with Crippen LogP contribution in [0.3, 0.4) is 0 Å². The number of hydrogen-bond donors (Lipinski definition) is 2. The molecule has 6 heteroatoms. The second kappa shape index (κ2) is 8.11. The van der Waals surface area contributed by atoms with Crippen LogP contribution in [0.4, 0.5) is 0 Å². The zero-order chi connectivity index (χ0) is 5.15. The van der Waals surface area contributed by atoms with Crippen molar-refractivity contribution in [3.05, 3.63) is 0 Å². The van der Waals surface area contributed by atoms with Crippen molar-refractivity contribution in [3.63, 3.8) is 0 Å². The van der Waals surface area contributed by atoms with Gasteiger partial charge in [0.25, 0.3) is 0 Å². The summed E-state index contributed by atoms with van der Waals surface area (Å²) < 4.78 is 0. The Bertz CT molecular complexity index is 84.6. The average Bonchev–Trinajstić information content (AvgIpc) is 1.36. The summed E-state index contributed by atoms with van der Waals surface area (Å²) in [6.07, 6.45) is 0. The predicted octanol–water partition coefficient (Wildman–Crippen LogP) is -4.91. The van der Waals surface area contributed by atoms with Crippen LogP contribution in [0.5, 0.6) is 0 Å². The maximum Gasteiger partial charge on any atom is 1.00 e. The van der Waals surface area contributed by atoms with Crippen molar-refractivity contribution >= 4 is 29.3 Å². The summed E-state index contributed by atoms with van der Waals surface area (Å²) >= 11 is 0. The molecule has 8 heavy (non-hydrogen) atoms. The molecule has 0 rings (SSSR count). The van der Waals surface area contributed by atoms with E-state index in [4.69, 9.17) is 19.8 Å². The van der Waals surface area contributed by atoms with Gasteiger partial charge in [0.1, 0.15) is 0 Å². The Balaban J connectivity index is -0.0000000417. The molecule has 0 unspecified atom stereocenters. The fourth-order valence-electron chi connectivity index (χ4n) is 0. The second-order valence-corrected chi connectivity index (χ2v) is 0.610. The van der Waals surface area contributed by atoms with E-state index in [1.165, 1.54) is 0 Å². The molecule has 0 aliphatic carbocycles. The third-order valence-electron chi connectivity index (χ3n) is 0.183. The molecule has 0 saturated carbocycles. The van der Waals surface area contributed by atoms with Gasteiger partial charge >= 0.3 is 63.3 Å². The van der Waals surface area contributed by atoms with Crippen LogP contribution in [0.2, 0.25) is 0 Å². The number of carboxylic acid groups (broad SMARTS) is 2. The summed E-state index contributed by atoms with van der Waals surface area (Å²) in [7, 11) is 0. The molecular formula is C2H6AlKO4. The van der Waals surface area contributed by atoms with E-state index < -0.39 is 11.9 Å². The van der Waals surface area contributed by atoms with Crippen molar-refractivity contribution in [2.75, 3.05) is 0 Å². The topological polar surface area (TPSA) is 74.6 Å². The van der Waals surface area contributed by atoms with Crippen molar-refractivity contribution in [3.8, 4) is 0 Å². The molecular weight excluding hydrogens is 154 g/mol. The van der Waals surface area contributed by atoms with E-state index in [2.05, 4.69) is 0 Å². The largest absolute Gasteiger partial charge is 1.00 e. The summed E-state index contributed by atoms with van der Waals surface area (Å²) in [4.78, 5) is 18.2. The number of carbonyl (C=O) groups is 2. The summed E-state index contributed by atoms with van der Waals surface area (Å²) in [5.74, 6) is -3.65. The summed E-state index contributed by atoms with van der Waals surface area (Å²) in [6, 6.07) is 0. The van der Waals surface area contributed by atoms with E-state index in [0.717, 1.165) is 0 Å². The van der Waals surface area contributed by atoms with Crippen molar-refractivity contribution in [1.29, 1.82) is 0 Å². The monoisotopic (exact) mass is 160 g/mol. The van der Waals surface area contributed by atoms with Gasteiger partial charge in [-0.15, -0.1) is 0 Å². The smallest absolute Gasteiger partial charge is 1.00 e. The Morgan fingerprint density at radius 3 is 1.25 bits per heavy atom. The van der Waals surface area contributed by atoms with Crippen LogP contribution in [-0.4, -0.2) is 39.5 Å². The predicted molar refractivity (Wildman–Crippen MR) is 26.3 cm³/mol. The van der Waals surface area contributed by atoms with Gasteiger partial charge in [-0.25, -0.2) is 9.59 Å². The Hall–Kier alpha value is 1.11. The molecule has 0 fully saturated rings. The van der Waals surface area contributed by atoms with Gasteiger partial charge in [-0.05, 0) is 0 Å². The van der Waals surface area contributed by atoms with Gasteiger partial charge < -0.3 is 11.6 Å². The third-order valence-corrected chi connectivity index (χ3v) is 0.183. The molecule has 0 heterocycles. The molecule has 2 N–H and O–H groups in total. The van der Waals surface area contributed by atoms with Gasteiger partial charge in [-0.3, -0.25) is 0 Å². The normalized spacial score (nSPS) is 5.50. The molecule has 0 atom stereocenters. The zero-order valence-electron chi connectivity index (χ0n) is 4.71. The van der Waals surface area contributed by atoms with E-state index in [-0.39, 0.29) is 70.2 Å². The van der Waals surface area contributed by atoms with Gasteiger partial charge in [0.05, 0.1) is 0 Å². The maximum atomic E-state index is 9.10. The molecule has 42 valence electrons. The summed E-state index contributed by atoms with van der Waals surface area (Å²) in [5.41, 5.74) is 0. The van der Waals surface area contributed by atoms with Gasteiger partial charge in [-0.2, -0.15) is 0 Å². The van der Waals surface area contributed by atoms with E-state index in [1.54, 1.807) is 0 Å². The summed E-state index contributed by atoms with van der Waals surface area (Å²) in [6.45, 7) is 0. The minimum absolute atomic E-state index is 0. The zero-order valence-corrected chi connectivity index (χ0v) is 6.83. The van der Waals surface area contributed by atoms with E-state index in [9.17, 15) is 0 Å². The molecule has 0 aromatic carbocycles. The SMILES string of the molecule is O=C(O)C(=O)O.[AlH3].[H-].[K+]. The second-order valence-electron chi connectivity index (χ2n) is 0.610. The molecule has 0 saturated heterocycles. The van der Waals surface area contributed by atoms with Crippen LogP contribution in [0, 0.1) is 0 Å². The minimum atomic E-state index is -1.82. The molecule has 0 radical (unpaired) electrons. The number of aliphatic carboxylic acids is 2. The van der Waals surface area contributed by atoms with Gasteiger partial charge in [0, 0.05) is 0 Å². The van der Waals surface area contributed by atoms with Gasteiger partial charge in [0.2, 0.25) is 0 Å². The Morgan fingerprint density at radius 2 is 1.25 bits per heavy atom.